The number of hydrogen-bond acceptors (Lipinski definition) is 2. The fraction of sp³-hybridized carbons (Fsp3) is 0.438. The summed E-state index contributed by atoms with van der Waals surface area (Å²) in [5.41, 5.74) is 2.47. The van der Waals surface area contributed by atoms with Gasteiger partial charge >= 0.3 is 128 Å². The van der Waals surface area contributed by atoms with E-state index in [1.165, 1.54) is 30.6 Å². The molecule has 104 valence electrons. The number of rotatable bonds is 6. The van der Waals surface area contributed by atoms with E-state index >= 15 is 0 Å². The first-order valence-corrected chi connectivity index (χ1v) is 8.07. The van der Waals surface area contributed by atoms with Gasteiger partial charge in [-0.1, -0.05) is 0 Å². The summed E-state index contributed by atoms with van der Waals surface area (Å²) in [6.45, 7) is 8.91. The van der Waals surface area contributed by atoms with Gasteiger partial charge in [0, 0.05) is 0 Å². The van der Waals surface area contributed by atoms with E-state index in [4.69, 9.17) is 4.74 Å². The quantitative estimate of drug-likeness (QED) is 0.687. The van der Waals surface area contributed by atoms with Crippen LogP contribution in [0.2, 0.25) is 0 Å². The summed E-state index contributed by atoms with van der Waals surface area (Å²) in [7, 11) is 1.73. The van der Waals surface area contributed by atoms with Crippen LogP contribution in [-0.2, 0) is 24.1 Å². The third-order valence-electron chi connectivity index (χ3n) is 2.92. The molecule has 0 spiro atoms. The minimum atomic E-state index is 0.450. The zero-order valence-corrected chi connectivity index (χ0v) is 15.3. The second-order valence-corrected chi connectivity index (χ2v) is 6.46. The maximum absolute atomic E-state index is 5.36. The third-order valence-corrected chi connectivity index (χ3v) is 3.94. The van der Waals surface area contributed by atoms with Gasteiger partial charge in [0.15, 0.2) is 0 Å². The summed E-state index contributed by atoms with van der Waals surface area (Å²) in [6.07, 6.45) is 2.16. The van der Waals surface area contributed by atoms with Crippen LogP contribution < -0.4 is 0 Å². The van der Waals surface area contributed by atoms with Gasteiger partial charge < -0.3 is 0 Å². The molecule has 1 rings (SSSR count). The van der Waals surface area contributed by atoms with E-state index in [-0.39, 0.29) is 0 Å². The van der Waals surface area contributed by atoms with Gasteiger partial charge in [-0.25, -0.2) is 0 Å². The third kappa shape index (κ3) is 4.71. The molecule has 1 aromatic rings. The Morgan fingerprint density at radius 1 is 1.11 bits per heavy atom. The minimum absolute atomic E-state index is 0.450. The topological polar surface area (TPSA) is 12.5 Å². The Kier molecular flexibility index (Phi) is 6.68. The Morgan fingerprint density at radius 3 is 2.05 bits per heavy atom. The number of nitrogens with zero attached hydrogens (tertiary/aromatic N) is 1. The predicted octanol–water partition coefficient (Wildman–Crippen LogP) is 3.47. The molecule has 2 nitrogen and oxygen atoms in total. The van der Waals surface area contributed by atoms with E-state index in [0.29, 0.717) is 12.1 Å². The van der Waals surface area contributed by atoms with E-state index in [2.05, 4.69) is 62.9 Å². The van der Waals surface area contributed by atoms with Crippen LogP contribution in [0.1, 0.15) is 33.3 Å². The Bertz CT molecular complexity index is 429. The Hall–Kier alpha value is -0.722. The van der Waals surface area contributed by atoms with Gasteiger partial charge in [0.25, 0.3) is 0 Å². The van der Waals surface area contributed by atoms with Crippen molar-refractivity contribution in [1.82, 2.24) is 4.90 Å². The number of benzene rings is 1. The van der Waals surface area contributed by atoms with Gasteiger partial charge in [-0.15, -0.1) is 0 Å². The zero-order chi connectivity index (χ0) is 14.4. The molecule has 0 amide bonds. The van der Waals surface area contributed by atoms with Gasteiger partial charge in [0.05, 0.1) is 0 Å². The Balaban J connectivity index is 3.27. The number of hydrogen-bond donors (Lipinski definition) is 0. The average molecular weight is 429 g/mol. The van der Waals surface area contributed by atoms with Crippen LogP contribution in [0.5, 0.6) is 0 Å². The van der Waals surface area contributed by atoms with Crippen molar-refractivity contribution in [2.24, 2.45) is 0 Å². The van der Waals surface area contributed by atoms with E-state index in [1.54, 1.807) is 7.11 Å². The molecule has 0 saturated carbocycles. The summed E-state index contributed by atoms with van der Waals surface area (Å²) >= 11 is 1.35. The number of methoxy groups -OCH3 is 1. The van der Waals surface area contributed by atoms with Crippen molar-refractivity contribution in [1.29, 1.82) is 0 Å². The molecule has 0 aliphatic rings. The Morgan fingerprint density at radius 2 is 1.63 bits per heavy atom. The molecule has 0 aromatic heterocycles. The summed E-state index contributed by atoms with van der Waals surface area (Å²) < 4.78 is 6.37. The second kappa shape index (κ2) is 7.77. The maximum atomic E-state index is 5.36. The molecular weight excluding hydrogens is 406 g/mol. The molecule has 0 saturated heterocycles. The van der Waals surface area contributed by atoms with E-state index in [1.807, 2.05) is 6.07 Å². The Labute approximate surface area is 127 Å². The predicted molar refractivity (Wildman–Crippen MR) is 78.5 cm³/mol. The first-order valence-electron chi connectivity index (χ1n) is 6.60. The van der Waals surface area contributed by atoms with Crippen molar-refractivity contribution in [3.63, 3.8) is 0 Å². The fourth-order valence-corrected chi connectivity index (χ4v) is 2.64. The molecule has 0 aliphatic heterocycles. The van der Waals surface area contributed by atoms with Gasteiger partial charge in [0.2, 0.25) is 0 Å². The van der Waals surface area contributed by atoms with E-state index < -0.39 is 0 Å². The zero-order valence-electron chi connectivity index (χ0n) is 12.4. The summed E-state index contributed by atoms with van der Waals surface area (Å²) in [5.74, 6) is 0. The monoisotopic (exact) mass is 429 g/mol. The van der Waals surface area contributed by atoms with Crippen molar-refractivity contribution in [2.75, 3.05) is 7.11 Å². The molecule has 0 N–H and O–H groups in total. The molecule has 0 unspecified atom stereocenters. The van der Waals surface area contributed by atoms with Crippen LogP contribution in [-0.4, -0.2) is 28.2 Å². The molecular formula is C16H23NOW. The van der Waals surface area contributed by atoms with Crippen LogP contribution in [0.3, 0.4) is 0 Å². The number of ether oxygens (including phenoxy) is 1. The standard InChI is InChI=1S/C16H23NO.W/c1-13(2)17(14(3)4)16(11-12-18-5)15-9-7-6-8-10-15;/h6-11,13-14H,1-5H3;/b16-11+;. The van der Waals surface area contributed by atoms with Crippen LogP contribution in [0.15, 0.2) is 36.4 Å². The first kappa shape index (κ1) is 16.3. The van der Waals surface area contributed by atoms with Crippen LogP contribution >= 0.6 is 0 Å². The average Bonchev–Trinajstić information content (AvgIpc) is 2.37. The molecule has 0 bridgehead atoms. The summed E-state index contributed by atoms with van der Waals surface area (Å²) in [6, 6.07) is 11.4. The SMILES string of the molecule is CO[C](=[W])/C=C(\c1ccccc1)N(C(C)C)C(C)C. The normalized spacial score (nSPS) is 12.1. The van der Waals surface area contributed by atoms with Crippen LogP contribution in [0.25, 0.3) is 5.70 Å². The molecule has 0 atom stereocenters. The molecule has 0 aliphatic carbocycles. The van der Waals surface area contributed by atoms with Crippen molar-refractivity contribution in [2.45, 2.75) is 39.8 Å². The summed E-state index contributed by atoms with van der Waals surface area (Å²) in [4.78, 5) is 2.43. The molecule has 0 heterocycles. The van der Waals surface area contributed by atoms with Crippen molar-refractivity contribution < 1.29 is 24.1 Å². The van der Waals surface area contributed by atoms with Crippen molar-refractivity contribution >= 4 is 9.78 Å². The van der Waals surface area contributed by atoms with E-state index in [0.717, 1.165) is 4.08 Å². The van der Waals surface area contributed by atoms with Gasteiger partial charge in [-0.3, -0.25) is 0 Å². The van der Waals surface area contributed by atoms with Crippen LogP contribution in [0, 0.1) is 0 Å². The molecule has 0 radical (unpaired) electrons. The second-order valence-electron chi connectivity index (χ2n) is 5.01. The molecule has 19 heavy (non-hydrogen) atoms. The molecule has 0 fully saturated rings. The van der Waals surface area contributed by atoms with Crippen LogP contribution in [0.4, 0.5) is 0 Å². The fourth-order valence-electron chi connectivity index (χ4n) is 2.24. The van der Waals surface area contributed by atoms with Gasteiger partial charge in [-0.2, -0.15) is 0 Å². The van der Waals surface area contributed by atoms with E-state index in [9.17, 15) is 0 Å². The first-order chi connectivity index (χ1) is 8.97. The van der Waals surface area contributed by atoms with Crippen molar-refractivity contribution in [3.05, 3.63) is 42.0 Å². The molecule has 3 heteroatoms. The van der Waals surface area contributed by atoms with Gasteiger partial charge in [0.1, 0.15) is 0 Å². The van der Waals surface area contributed by atoms with Crippen molar-refractivity contribution in [3.8, 4) is 0 Å². The summed E-state index contributed by atoms with van der Waals surface area (Å²) in [5, 5.41) is 0. The van der Waals surface area contributed by atoms with Gasteiger partial charge in [-0.05, 0) is 0 Å². The molecule has 1 aromatic carbocycles.